The van der Waals surface area contributed by atoms with E-state index >= 15 is 0 Å². The summed E-state index contributed by atoms with van der Waals surface area (Å²) < 4.78 is 30.1. The first-order valence-electron chi connectivity index (χ1n) is 3.96. The summed E-state index contributed by atoms with van der Waals surface area (Å²) in [6.45, 7) is 0. The first kappa shape index (κ1) is 11.9. The van der Waals surface area contributed by atoms with Gasteiger partial charge in [-0.15, -0.1) is 0 Å². The van der Waals surface area contributed by atoms with Gasteiger partial charge >= 0.3 is 0 Å². The van der Waals surface area contributed by atoms with E-state index in [1.165, 1.54) is 13.2 Å². The Bertz CT molecular complexity index is 404. The summed E-state index contributed by atoms with van der Waals surface area (Å²) in [5, 5.41) is 8.81. The van der Waals surface area contributed by atoms with Gasteiger partial charge in [0, 0.05) is 17.0 Å². The lowest BCUT2D eigenvalue weighted by Crippen LogP contribution is -2.02. The van der Waals surface area contributed by atoms with Gasteiger partial charge in [0.1, 0.15) is 23.2 Å². The maximum Gasteiger partial charge on any atom is 0.280 e. The number of aromatic nitrogens is 1. The third-order valence-electron chi connectivity index (χ3n) is 1.79. The van der Waals surface area contributed by atoms with Crippen molar-refractivity contribution in [3.8, 4) is 11.8 Å². The summed E-state index contributed by atoms with van der Waals surface area (Å²) >= 11 is 3.08. The van der Waals surface area contributed by atoms with E-state index in [1.807, 2.05) is 0 Å². The van der Waals surface area contributed by atoms with E-state index in [0.29, 0.717) is 0 Å². The van der Waals surface area contributed by atoms with Crippen LogP contribution in [0.5, 0.6) is 5.75 Å². The fourth-order valence-electron chi connectivity index (χ4n) is 1.12. The minimum atomic E-state index is -2.72. The van der Waals surface area contributed by atoms with Crippen molar-refractivity contribution in [1.29, 1.82) is 5.26 Å². The number of nitriles is 1. The first-order chi connectivity index (χ1) is 7.13. The highest BCUT2D eigenvalue weighted by molar-refractivity contribution is 9.08. The molecule has 0 bridgehead atoms. The highest BCUT2D eigenvalue weighted by Gasteiger charge is 2.19. The number of rotatable bonds is 3. The van der Waals surface area contributed by atoms with Crippen LogP contribution in [-0.2, 0) is 5.33 Å². The Kier molecular flexibility index (Phi) is 3.97. The van der Waals surface area contributed by atoms with Gasteiger partial charge in [0.05, 0.1) is 7.11 Å². The third-order valence-corrected chi connectivity index (χ3v) is 2.35. The average molecular weight is 277 g/mol. The second-order valence-corrected chi connectivity index (χ2v) is 3.18. The quantitative estimate of drug-likeness (QED) is 0.798. The molecule has 0 saturated heterocycles. The fourth-order valence-corrected chi connectivity index (χ4v) is 1.68. The van der Waals surface area contributed by atoms with Crippen LogP contribution in [0.15, 0.2) is 6.07 Å². The normalized spacial score (nSPS) is 10.1. The smallest absolute Gasteiger partial charge is 0.280 e. The van der Waals surface area contributed by atoms with E-state index < -0.39 is 12.1 Å². The van der Waals surface area contributed by atoms with Crippen LogP contribution in [0.1, 0.15) is 23.4 Å². The van der Waals surface area contributed by atoms with E-state index in [9.17, 15) is 8.78 Å². The Morgan fingerprint density at radius 1 is 1.67 bits per heavy atom. The van der Waals surface area contributed by atoms with Gasteiger partial charge in [0.15, 0.2) is 0 Å². The van der Waals surface area contributed by atoms with E-state index in [0.717, 1.165) is 0 Å². The second kappa shape index (κ2) is 5.03. The molecule has 1 aromatic rings. The molecule has 80 valence electrons. The molecular weight excluding hydrogens is 270 g/mol. The lowest BCUT2D eigenvalue weighted by molar-refractivity contribution is 0.144. The van der Waals surface area contributed by atoms with Crippen LogP contribution in [0.4, 0.5) is 8.78 Å². The van der Waals surface area contributed by atoms with Crippen LogP contribution in [-0.4, -0.2) is 12.1 Å². The molecule has 15 heavy (non-hydrogen) atoms. The molecule has 0 aliphatic rings. The molecule has 0 aliphatic carbocycles. The zero-order valence-corrected chi connectivity index (χ0v) is 9.38. The molecule has 1 rings (SSSR count). The molecule has 1 aromatic heterocycles. The summed E-state index contributed by atoms with van der Waals surface area (Å²) in [6, 6.07) is 3.04. The van der Waals surface area contributed by atoms with Gasteiger partial charge in [-0.25, -0.2) is 13.8 Å². The van der Waals surface area contributed by atoms with Gasteiger partial charge in [0.25, 0.3) is 6.43 Å². The van der Waals surface area contributed by atoms with Crippen molar-refractivity contribution < 1.29 is 13.5 Å². The van der Waals surface area contributed by atoms with Crippen LogP contribution in [0.2, 0.25) is 0 Å². The molecule has 0 atom stereocenters. The van der Waals surface area contributed by atoms with Crippen molar-refractivity contribution in [1.82, 2.24) is 4.98 Å². The van der Waals surface area contributed by atoms with Crippen molar-refractivity contribution in [3.63, 3.8) is 0 Å². The minimum absolute atomic E-state index is 0.0770. The van der Waals surface area contributed by atoms with Gasteiger partial charge in [0.2, 0.25) is 0 Å². The maximum atomic E-state index is 12.6. The number of nitrogens with zero attached hydrogens (tertiary/aromatic N) is 2. The molecule has 0 radical (unpaired) electrons. The number of hydrogen-bond acceptors (Lipinski definition) is 3. The van der Waals surface area contributed by atoms with Crippen molar-refractivity contribution in [2.45, 2.75) is 11.8 Å². The van der Waals surface area contributed by atoms with E-state index in [2.05, 4.69) is 20.9 Å². The van der Waals surface area contributed by atoms with Crippen molar-refractivity contribution in [3.05, 3.63) is 23.0 Å². The molecule has 0 amide bonds. The maximum absolute atomic E-state index is 12.6. The monoisotopic (exact) mass is 276 g/mol. The summed E-state index contributed by atoms with van der Waals surface area (Å²) in [5.74, 6) is 0.244. The molecule has 0 fully saturated rings. The number of methoxy groups -OCH3 is 1. The topological polar surface area (TPSA) is 45.9 Å². The van der Waals surface area contributed by atoms with Gasteiger partial charge in [-0.1, -0.05) is 15.9 Å². The van der Waals surface area contributed by atoms with Crippen LogP contribution < -0.4 is 4.74 Å². The lowest BCUT2D eigenvalue weighted by atomic mass is 10.2. The number of ether oxygens (including phenoxy) is 1. The molecule has 0 spiro atoms. The molecule has 1 heterocycles. The Morgan fingerprint density at radius 3 is 2.73 bits per heavy atom. The minimum Gasteiger partial charge on any atom is -0.496 e. The summed E-state index contributed by atoms with van der Waals surface area (Å²) in [7, 11) is 1.36. The van der Waals surface area contributed by atoms with E-state index in [4.69, 9.17) is 10.00 Å². The van der Waals surface area contributed by atoms with E-state index in [-0.39, 0.29) is 22.3 Å². The Morgan fingerprint density at radius 2 is 2.33 bits per heavy atom. The predicted molar refractivity (Wildman–Crippen MR) is 53.1 cm³/mol. The average Bonchev–Trinajstić information content (AvgIpc) is 2.26. The first-order valence-corrected chi connectivity index (χ1v) is 5.08. The largest absolute Gasteiger partial charge is 0.496 e. The van der Waals surface area contributed by atoms with Crippen molar-refractivity contribution >= 4 is 15.9 Å². The Hall–Kier alpha value is -1.22. The third kappa shape index (κ3) is 2.42. The predicted octanol–water partition coefficient (Wildman–Crippen LogP) is 2.79. The van der Waals surface area contributed by atoms with E-state index in [1.54, 1.807) is 6.07 Å². The number of halogens is 3. The van der Waals surface area contributed by atoms with Gasteiger partial charge in [-0.05, 0) is 0 Å². The van der Waals surface area contributed by atoms with Crippen LogP contribution in [0, 0.1) is 11.3 Å². The highest BCUT2D eigenvalue weighted by atomic mass is 79.9. The number of hydrogen-bond donors (Lipinski definition) is 0. The van der Waals surface area contributed by atoms with Crippen LogP contribution >= 0.6 is 15.9 Å². The SMILES string of the molecule is COc1cc(C#N)nc(C(F)F)c1CBr. The van der Waals surface area contributed by atoms with Crippen molar-refractivity contribution in [2.24, 2.45) is 0 Å². The molecular formula is C9H7BrF2N2O. The summed E-state index contributed by atoms with van der Waals surface area (Å²) in [5.41, 5.74) is -0.221. The molecule has 0 N–H and O–H groups in total. The fraction of sp³-hybridized carbons (Fsp3) is 0.333. The Labute approximate surface area is 93.8 Å². The van der Waals surface area contributed by atoms with Gasteiger partial charge in [-0.2, -0.15) is 5.26 Å². The molecule has 0 aliphatic heterocycles. The number of alkyl halides is 3. The second-order valence-electron chi connectivity index (χ2n) is 2.62. The summed E-state index contributed by atoms with van der Waals surface area (Å²) in [6.07, 6.45) is -2.72. The molecule has 3 nitrogen and oxygen atoms in total. The molecule has 6 heteroatoms. The number of pyridine rings is 1. The van der Waals surface area contributed by atoms with Gasteiger partial charge in [-0.3, -0.25) is 0 Å². The zero-order chi connectivity index (χ0) is 11.4. The van der Waals surface area contributed by atoms with Crippen molar-refractivity contribution in [2.75, 3.05) is 7.11 Å². The molecule has 0 saturated carbocycles. The highest BCUT2D eigenvalue weighted by Crippen LogP contribution is 2.30. The molecule has 0 unspecified atom stereocenters. The molecule has 0 aromatic carbocycles. The standard InChI is InChI=1S/C9H7BrF2N2O/c1-15-7-2-5(4-13)14-8(9(11)12)6(7)3-10/h2,9H,3H2,1H3. The van der Waals surface area contributed by atoms with Gasteiger partial charge < -0.3 is 4.74 Å². The summed E-state index contributed by atoms with van der Waals surface area (Å²) in [4.78, 5) is 3.55. The van der Waals surface area contributed by atoms with Crippen LogP contribution in [0.25, 0.3) is 0 Å². The zero-order valence-electron chi connectivity index (χ0n) is 7.80. The lowest BCUT2D eigenvalue weighted by Gasteiger charge is -2.10. The van der Waals surface area contributed by atoms with Crippen LogP contribution in [0.3, 0.4) is 0 Å². The Balaban J connectivity index is 3.40.